The predicted octanol–water partition coefficient (Wildman–Crippen LogP) is 2.88. The van der Waals surface area contributed by atoms with Crippen molar-refractivity contribution in [3.05, 3.63) is 42.2 Å². The zero-order valence-electron chi connectivity index (χ0n) is 11.9. The van der Waals surface area contributed by atoms with E-state index in [-0.39, 0.29) is 0 Å². The Balaban J connectivity index is 2.06. The molecule has 106 valence electrons. The van der Waals surface area contributed by atoms with Gasteiger partial charge in [-0.2, -0.15) is 0 Å². The standard InChI is InChI=1S/C15H21N5/c1-3-11(2)20-15-13(16)14(18-10-19-15)17-9-12-7-5-4-6-8-12/h4-8,10-11H,3,9,16H2,1-2H3,(H2,17,18,19,20). The van der Waals surface area contributed by atoms with Crippen LogP contribution in [0.1, 0.15) is 25.8 Å². The van der Waals surface area contributed by atoms with Crippen LogP contribution in [0.2, 0.25) is 0 Å². The van der Waals surface area contributed by atoms with Crippen LogP contribution in [0.15, 0.2) is 36.7 Å². The Labute approximate surface area is 119 Å². The van der Waals surface area contributed by atoms with E-state index in [9.17, 15) is 0 Å². The Morgan fingerprint density at radius 3 is 2.55 bits per heavy atom. The molecule has 1 aromatic carbocycles. The van der Waals surface area contributed by atoms with Crippen LogP contribution in [0.4, 0.5) is 17.3 Å². The van der Waals surface area contributed by atoms with Gasteiger partial charge in [-0.3, -0.25) is 0 Å². The highest BCUT2D eigenvalue weighted by Crippen LogP contribution is 2.23. The van der Waals surface area contributed by atoms with Crippen molar-refractivity contribution in [2.24, 2.45) is 0 Å². The summed E-state index contributed by atoms with van der Waals surface area (Å²) in [5, 5.41) is 6.53. The summed E-state index contributed by atoms with van der Waals surface area (Å²) in [6.07, 6.45) is 2.53. The van der Waals surface area contributed by atoms with Crippen LogP contribution in [-0.2, 0) is 6.54 Å². The first-order valence-corrected chi connectivity index (χ1v) is 6.85. The van der Waals surface area contributed by atoms with Gasteiger partial charge in [0.2, 0.25) is 0 Å². The predicted molar refractivity (Wildman–Crippen MR) is 83.6 cm³/mol. The monoisotopic (exact) mass is 271 g/mol. The van der Waals surface area contributed by atoms with Crippen molar-refractivity contribution in [2.75, 3.05) is 16.4 Å². The molecular weight excluding hydrogens is 250 g/mol. The molecule has 2 aromatic rings. The number of hydrogen-bond acceptors (Lipinski definition) is 5. The van der Waals surface area contributed by atoms with Gasteiger partial charge in [0.25, 0.3) is 0 Å². The van der Waals surface area contributed by atoms with Gasteiger partial charge >= 0.3 is 0 Å². The van der Waals surface area contributed by atoms with Crippen molar-refractivity contribution >= 4 is 17.3 Å². The molecule has 0 radical (unpaired) electrons. The molecule has 1 heterocycles. The molecule has 0 amide bonds. The summed E-state index contributed by atoms with van der Waals surface area (Å²) in [4.78, 5) is 8.39. The lowest BCUT2D eigenvalue weighted by Crippen LogP contribution is -2.17. The highest BCUT2D eigenvalue weighted by molar-refractivity contribution is 5.74. The molecule has 5 nitrogen and oxygen atoms in total. The summed E-state index contributed by atoms with van der Waals surface area (Å²) in [5.41, 5.74) is 7.84. The van der Waals surface area contributed by atoms with E-state index in [1.165, 1.54) is 11.9 Å². The number of nitrogens with zero attached hydrogens (tertiary/aromatic N) is 2. The quantitative estimate of drug-likeness (QED) is 0.753. The fourth-order valence-electron chi connectivity index (χ4n) is 1.77. The van der Waals surface area contributed by atoms with E-state index in [2.05, 4.69) is 46.6 Å². The van der Waals surface area contributed by atoms with Crippen molar-refractivity contribution in [1.82, 2.24) is 9.97 Å². The molecule has 1 unspecified atom stereocenters. The second-order valence-electron chi connectivity index (χ2n) is 4.78. The zero-order valence-corrected chi connectivity index (χ0v) is 11.9. The van der Waals surface area contributed by atoms with Gasteiger partial charge in [0.1, 0.15) is 12.0 Å². The first-order chi connectivity index (χ1) is 9.70. The second-order valence-corrected chi connectivity index (χ2v) is 4.78. The Morgan fingerprint density at radius 2 is 1.85 bits per heavy atom. The van der Waals surface area contributed by atoms with E-state index in [4.69, 9.17) is 5.73 Å². The number of aromatic nitrogens is 2. The lowest BCUT2D eigenvalue weighted by Gasteiger charge is -2.16. The number of nitrogens with one attached hydrogen (secondary N) is 2. The van der Waals surface area contributed by atoms with Gasteiger partial charge in [0.05, 0.1) is 0 Å². The summed E-state index contributed by atoms with van der Waals surface area (Å²) < 4.78 is 0. The third kappa shape index (κ3) is 3.60. The molecule has 0 saturated carbocycles. The second kappa shape index (κ2) is 6.75. The smallest absolute Gasteiger partial charge is 0.155 e. The number of rotatable bonds is 6. The number of anilines is 3. The molecule has 5 heteroatoms. The fraction of sp³-hybridized carbons (Fsp3) is 0.333. The number of nitrogens with two attached hydrogens (primary N) is 1. The van der Waals surface area contributed by atoms with E-state index in [0.717, 1.165) is 6.42 Å². The minimum Gasteiger partial charge on any atom is -0.393 e. The van der Waals surface area contributed by atoms with Gasteiger partial charge in [-0.25, -0.2) is 9.97 Å². The molecule has 4 N–H and O–H groups in total. The Kier molecular flexibility index (Phi) is 4.76. The Hall–Kier alpha value is -2.30. The van der Waals surface area contributed by atoms with Crippen LogP contribution >= 0.6 is 0 Å². The summed E-state index contributed by atoms with van der Waals surface area (Å²) in [6.45, 7) is 4.90. The molecule has 0 aliphatic heterocycles. The maximum atomic E-state index is 6.10. The van der Waals surface area contributed by atoms with Gasteiger partial charge in [-0.05, 0) is 18.9 Å². The topological polar surface area (TPSA) is 75.9 Å². The van der Waals surface area contributed by atoms with E-state index in [1.54, 1.807) is 0 Å². The van der Waals surface area contributed by atoms with Crippen LogP contribution in [0, 0.1) is 0 Å². The van der Waals surface area contributed by atoms with E-state index in [0.29, 0.717) is 29.9 Å². The summed E-state index contributed by atoms with van der Waals surface area (Å²) >= 11 is 0. The van der Waals surface area contributed by atoms with Gasteiger partial charge in [0, 0.05) is 12.6 Å². The Bertz CT molecular complexity index is 541. The maximum absolute atomic E-state index is 6.10. The fourth-order valence-corrected chi connectivity index (χ4v) is 1.77. The molecule has 0 bridgehead atoms. The average Bonchev–Trinajstić information content (AvgIpc) is 2.49. The SMILES string of the molecule is CCC(C)Nc1ncnc(NCc2ccccc2)c1N. The molecule has 20 heavy (non-hydrogen) atoms. The number of nitrogen functional groups attached to an aromatic ring is 1. The molecule has 2 rings (SSSR count). The molecule has 0 aliphatic rings. The largest absolute Gasteiger partial charge is 0.393 e. The van der Waals surface area contributed by atoms with Crippen LogP contribution in [0.5, 0.6) is 0 Å². The van der Waals surface area contributed by atoms with Gasteiger partial charge in [-0.1, -0.05) is 37.3 Å². The van der Waals surface area contributed by atoms with Crippen molar-refractivity contribution in [2.45, 2.75) is 32.9 Å². The van der Waals surface area contributed by atoms with Gasteiger partial charge in [0.15, 0.2) is 11.6 Å². The molecule has 0 saturated heterocycles. The van der Waals surface area contributed by atoms with E-state index < -0.39 is 0 Å². The highest BCUT2D eigenvalue weighted by atomic mass is 15.1. The summed E-state index contributed by atoms with van der Waals surface area (Å²) in [7, 11) is 0. The molecule has 0 fully saturated rings. The molecular formula is C15H21N5. The van der Waals surface area contributed by atoms with Crippen LogP contribution in [0.25, 0.3) is 0 Å². The van der Waals surface area contributed by atoms with Crippen LogP contribution in [0.3, 0.4) is 0 Å². The van der Waals surface area contributed by atoms with Gasteiger partial charge < -0.3 is 16.4 Å². The van der Waals surface area contributed by atoms with Crippen LogP contribution < -0.4 is 16.4 Å². The minimum absolute atomic E-state index is 0.328. The highest BCUT2D eigenvalue weighted by Gasteiger charge is 2.09. The third-order valence-corrected chi connectivity index (χ3v) is 3.18. The van der Waals surface area contributed by atoms with Crippen molar-refractivity contribution in [1.29, 1.82) is 0 Å². The Morgan fingerprint density at radius 1 is 1.15 bits per heavy atom. The van der Waals surface area contributed by atoms with E-state index >= 15 is 0 Å². The molecule has 0 aliphatic carbocycles. The number of hydrogen-bond donors (Lipinski definition) is 3. The van der Waals surface area contributed by atoms with Crippen molar-refractivity contribution in [3.63, 3.8) is 0 Å². The van der Waals surface area contributed by atoms with Crippen molar-refractivity contribution in [3.8, 4) is 0 Å². The van der Waals surface area contributed by atoms with Gasteiger partial charge in [-0.15, -0.1) is 0 Å². The lowest BCUT2D eigenvalue weighted by atomic mass is 10.2. The van der Waals surface area contributed by atoms with E-state index in [1.807, 2.05) is 18.2 Å². The summed E-state index contributed by atoms with van der Waals surface area (Å²) in [6, 6.07) is 10.5. The van der Waals surface area contributed by atoms with Crippen molar-refractivity contribution < 1.29 is 0 Å². The minimum atomic E-state index is 0.328. The zero-order chi connectivity index (χ0) is 14.4. The average molecular weight is 271 g/mol. The normalized spacial score (nSPS) is 11.9. The lowest BCUT2D eigenvalue weighted by molar-refractivity contribution is 0.759. The van der Waals surface area contributed by atoms with Crippen LogP contribution in [-0.4, -0.2) is 16.0 Å². The summed E-state index contributed by atoms with van der Waals surface area (Å²) in [5.74, 6) is 1.35. The molecule has 1 atom stereocenters. The first-order valence-electron chi connectivity index (χ1n) is 6.85. The molecule has 0 spiro atoms. The first kappa shape index (κ1) is 14.1. The number of benzene rings is 1. The molecule has 1 aromatic heterocycles. The maximum Gasteiger partial charge on any atom is 0.155 e. The third-order valence-electron chi connectivity index (χ3n) is 3.18.